The molecule has 0 radical (unpaired) electrons. The van der Waals surface area contributed by atoms with Gasteiger partial charge in [0.05, 0.1) is 6.61 Å². The molecule has 1 heterocycles. The Morgan fingerprint density at radius 1 is 1.39 bits per heavy atom. The topological polar surface area (TPSA) is 65.4 Å². The molecule has 0 aromatic heterocycles. The summed E-state index contributed by atoms with van der Waals surface area (Å²) in [6.45, 7) is 6.44. The van der Waals surface area contributed by atoms with Crippen molar-refractivity contribution in [3.8, 4) is 6.07 Å². The maximum atomic E-state index is 11.5. The molecule has 5 nitrogen and oxygen atoms in total. The Kier molecular flexibility index (Phi) is 6.04. The van der Waals surface area contributed by atoms with Crippen molar-refractivity contribution < 1.29 is 9.53 Å². The smallest absolute Gasteiger partial charge is 0.350 e. The molecule has 1 fully saturated rings. The normalized spacial score (nSPS) is 15.9. The van der Waals surface area contributed by atoms with Gasteiger partial charge < -0.3 is 15.0 Å². The van der Waals surface area contributed by atoms with Crippen LogP contribution < -0.4 is 10.2 Å². The number of carbonyl (C=O) groups is 1. The maximum absolute atomic E-state index is 11.5. The summed E-state index contributed by atoms with van der Waals surface area (Å²) in [6.07, 6.45) is 3.84. The third-order valence-electron chi connectivity index (χ3n) is 4.02. The average Bonchev–Trinajstić information content (AvgIpc) is 2.57. The Morgan fingerprint density at radius 3 is 2.61 bits per heavy atom. The van der Waals surface area contributed by atoms with E-state index < -0.39 is 5.97 Å². The Labute approximate surface area is 137 Å². The molecule has 1 aliphatic heterocycles. The van der Waals surface area contributed by atoms with Gasteiger partial charge in [0.15, 0.2) is 5.57 Å². The van der Waals surface area contributed by atoms with Gasteiger partial charge in [0.25, 0.3) is 0 Å². The van der Waals surface area contributed by atoms with Gasteiger partial charge in [-0.3, -0.25) is 0 Å². The van der Waals surface area contributed by atoms with Crippen molar-refractivity contribution >= 4 is 17.3 Å². The molecule has 2 rings (SSSR count). The first-order chi connectivity index (χ1) is 11.1. The summed E-state index contributed by atoms with van der Waals surface area (Å²) < 4.78 is 4.81. The number of piperidine rings is 1. The molecule has 0 atom stereocenters. The molecule has 0 amide bonds. The first-order valence-electron chi connectivity index (χ1n) is 8.03. The fourth-order valence-electron chi connectivity index (χ4n) is 2.54. The number of esters is 1. The van der Waals surface area contributed by atoms with Crippen molar-refractivity contribution in [2.75, 3.05) is 29.9 Å². The lowest BCUT2D eigenvalue weighted by molar-refractivity contribution is -0.138. The van der Waals surface area contributed by atoms with Gasteiger partial charge in [0, 0.05) is 30.7 Å². The first kappa shape index (κ1) is 16.9. The van der Waals surface area contributed by atoms with E-state index in [1.165, 1.54) is 24.7 Å². The molecular weight excluding hydrogens is 290 g/mol. The summed E-state index contributed by atoms with van der Waals surface area (Å²) in [5.74, 6) is 0.200. The summed E-state index contributed by atoms with van der Waals surface area (Å²) in [6, 6.07) is 9.85. The highest BCUT2D eigenvalue weighted by Gasteiger charge is 2.15. The Morgan fingerprint density at radius 2 is 2.04 bits per heavy atom. The molecule has 5 heteroatoms. The van der Waals surface area contributed by atoms with Crippen LogP contribution >= 0.6 is 0 Å². The summed E-state index contributed by atoms with van der Waals surface area (Å²) in [4.78, 5) is 13.9. The van der Waals surface area contributed by atoms with Crippen LogP contribution in [0, 0.1) is 17.2 Å². The van der Waals surface area contributed by atoms with Gasteiger partial charge in [-0.1, -0.05) is 6.92 Å². The van der Waals surface area contributed by atoms with E-state index in [1.807, 2.05) is 18.2 Å². The van der Waals surface area contributed by atoms with Gasteiger partial charge in [-0.05, 0) is 49.9 Å². The van der Waals surface area contributed by atoms with Gasteiger partial charge >= 0.3 is 5.97 Å². The molecule has 23 heavy (non-hydrogen) atoms. The third kappa shape index (κ3) is 4.75. The van der Waals surface area contributed by atoms with Gasteiger partial charge in [0.1, 0.15) is 6.07 Å². The monoisotopic (exact) mass is 313 g/mol. The number of anilines is 2. The molecule has 1 saturated heterocycles. The van der Waals surface area contributed by atoms with E-state index in [0.29, 0.717) is 0 Å². The predicted octanol–water partition coefficient (Wildman–Crippen LogP) is 3.31. The number of carbonyl (C=O) groups excluding carboxylic acids is 1. The van der Waals surface area contributed by atoms with Crippen molar-refractivity contribution in [3.63, 3.8) is 0 Å². The Hall–Kier alpha value is -2.48. The van der Waals surface area contributed by atoms with Crippen molar-refractivity contribution in [2.24, 2.45) is 5.92 Å². The van der Waals surface area contributed by atoms with Crippen LogP contribution in [0.4, 0.5) is 11.4 Å². The zero-order chi connectivity index (χ0) is 16.7. The molecule has 0 aliphatic carbocycles. The molecule has 1 aromatic rings. The van der Waals surface area contributed by atoms with Gasteiger partial charge in [-0.15, -0.1) is 0 Å². The number of nitriles is 1. The van der Waals surface area contributed by atoms with Crippen LogP contribution in [0.1, 0.15) is 26.7 Å². The highest BCUT2D eigenvalue weighted by Crippen LogP contribution is 2.24. The lowest BCUT2D eigenvalue weighted by Crippen LogP contribution is -2.32. The van der Waals surface area contributed by atoms with Gasteiger partial charge in [-0.25, -0.2) is 4.79 Å². The third-order valence-corrected chi connectivity index (χ3v) is 4.02. The minimum atomic E-state index is -0.610. The molecule has 0 saturated carbocycles. The van der Waals surface area contributed by atoms with Gasteiger partial charge in [-0.2, -0.15) is 5.26 Å². The fraction of sp³-hybridized carbons (Fsp3) is 0.444. The quantitative estimate of drug-likeness (QED) is 0.513. The molecule has 1 N–H and O–H groups in total. The van der Waals surface area contributed by atoms with Crippen LogP contribution in [0.3, 0.4) is 0 Å². The highest BCUT2D eigenvalue weighted by atomic mass is 16.5. The van der Waals surface area contributed by atoms with Crippen LogP contribution in [-0.4, -0.2) is 25.7 Å². The standard InChI is InChI=1S/C18H23N3O2/c1-3-23-18(22)15(12-19)13-20-16-4-6-17(7-5-16)21-10-8-14(2)9-11-21/h4-7,13-14,20H,3,8-11H2,1-2H3/b15-13+. The van der Waals surface area contributed by atoms with Crippen molar-refractivity contribution in [1.29, 1.82) is 5.26 Å². The average molecular weight is 313 g/mol. The van der Waals surface area contributed by atoms with Crippen LogP contribution in [0.2, 0.25) is 0 Å². The predicted molar refractivity (Wildman–Crippen MR) is 91.0 cm³/mol. The van der Waals surface area contributed by atoms with Crippen molar-refractivity contribution in [3.05, 3.63) is 36.0 Å². The van der Waals surface area contributed by atoms with E-state index in [2.05, 4.69) is 29.3 Å². The second kappa shape index (κ2) is 8.23. The second-order valence-corrected chi connectivity index (χ2v) is 5.75. The molecule has 122 valence electrons. The van der Waals surface area contributed by atoms with Crippen molar-refractivity contribution in [2.45, 2.75) is 26.7 Å². The number of nitrogens with zero attached hydrogens (tertiary/aromatic N) is 2. The summed E-state index contributed by atoms with van der Waals surface area (Å²) >= 11 is 0. The number of rotatable bonds is 5. The summed E-state index contributed by atoms with van der Waals surface area (Å²) in [5, 5.41) is 11.9. The van der Waals surface area contributed by atoms with E-state index in [-0.39, 0.29) is 12.2 Å². The Balaban J connectivity index is 1.97. The largest absolute Gasteiger partial charge is 0.462 e. The molecule has 1 aliphatic rings. The van der Waals surface area contributed by atoms with Gasteiger partial charge in [0.2, 0.25) is 0 Å². The SMILES string of the molecule is CCOC(=O)/C(C#N)=C/Nc1ccc(N2CCC(C)CC2)cc1. The maximum Gasteiger partial charge on any atom is 0.350 e. The van der Waals surface area contributed by atoms with E-state index >= 15 is 0 Å². The molecular formula is C18H23N3O2. The number of nitrogens with one attached hydrogen (secondary N) is 1. The number of benzene rings is 1. The van der Waals surface area contributed by atoms with E-state index in [9.17, 15) is 4.79 Å². The zero-order valence-electron chi connectivity index (χ0n) is 13.7. The molecule has 0 unspecified atom stereocenters. The minimum Gasteiger partial charge on any atom is -0.462 e. The van der Waals surface area contributed by atoms with E-state index in [1.54, 1.807) is 6.92 Å². The number of hydrogen-bond donors (Lipinski definition) is 1. The van der Waals surface area contributed by atoms with Crippen molar-refractivity contribution in [1.82, 2.24) is 0 Å². The second-order valence-electron chi connectivity index (χ2n) is 5.75. The first-order valence-corrected chi connectivity index (χ1v) is 8.03. The number of ether oxygens (including phenoxy) is 1. The van der Waals surface area contributed by atoms with E-state index in [0.717, 1.165) is 24.7 Å². The zero-order valence-corrected chi connectivity index (χ0v) is 13.7. The fourth-order valence-corrected chi connectivity index (χ4v) is 2.54. The van der Waals surface area contributed by atoms with E-state index in [4.69, 9.17) is 10.00 Å². The van der Waals surface area contributed by atoms with Crippen LogP contribution in [0.5, 0.6) is 0 Å². The lowest BCUT2D eigenvalue weighted by atomic mass is 9.99. The molecule has 1 aromatic carbocycles. The minimum absolute atomic E-state index is 0.0408. The molecule has 0 spiro atoms. The van der Waals surface area contributed by atoms with Crippen LogP contribution in [-0.2, 0) is 9.53 Å². The lowest BCUT2D eigenvalue weighted by Gasteiger charge is -2.32. The summed E-state index contributed by atoms with van der Waals surface area (Å²) in [7, 11) is 0. The molecule has 0 bridgehead atoms. The summed E-state index contributed by atoms with van der Waals surface area (Å²) in [5.41, 5.74) is 1.99. The van der Waals surface area contributed by atoms with Crippen LogP contribution in [0.25, 0.3) is 0 Å². The number of hydrogen-bond acceptors (Lipinski definition) is 5. The Bertz CT molecular complexity index is 594. The highest BCUT2D eigenvalue weighted by molar-refractivity contribution is 5.93. The van der Waals surface area contributed by atoms with Crippen LogP contribution in [0.15, 0.2) is 36.0 Å².